The molecule has 3 aromatic carbocycles. The Balaban J connectivity index is 1.20. The van der Waals surface area contributed by atoms with Crippen LogP contribution < -0.4 is 9.80 Å². The van der Waals surface area contributed by atoms with Crippen molar-refractivity contribution in [3.05, 3.63) is 106 Å². The minimum Gasteiger partial charge on any atom is -0.394 e. The Bertz CT molecular complexity index is 1690. The number of nitrogens with zero attached hydrogens (tertiary/aromatic N) is 3. The number of anilines is 2. The molecule has 0 aromatic heterocycles. The lowest BCUT2D eigenvalue weighted by Gasteiger charge is -2.36. The molecule has 9 heteroatoms. The van der Waals surface area contributed by atoms with Gasteiger partial charge in [-0.1, -0.05) is 79.9 Å². The Morgan fingerprint density at radius 1 is 1.02 bits per heavy atom. The third kappa shape index (κ3) is 6.59. The highest BCUT2D eigenvalue weighted by atomic mass is 35.5. The zero-order valence-corrected chi connectivity index (χ0v) is 27.5. The fourth-order valence-corrected chi connectivity index (χ4v) is 7.36. The fraction of sp³-hybridized carbons (Fsp3) is 0.395. The minimum atomic E-state index is -1.89. The molecule has 3 atom stereocenters. The number of halogens is 1. The number of carbonyl (C=O) groups is 3. The third-order valence-electron chi connectivity index (χ3n) is 9.88. The van der Waals surface area contributed by atoms with Gasteiger partial charge >= 0.3 is 0 Å². The van der Waals surface area contributed by atoms with Gasteiger partial charge in [0.25, 0.3) is 5.91 Å². The first-order valence-electron chi connectivity index (χ1n) is 16.6. The largest absolute Gasteiger partial charge is 0.394 e. The van der Waals surface area contributed by atoms with Gasteiger partial charge in [0.1, 0.15) is 0 Å². The highest BCUT2D eigenvalue weighted by Crippen LogP contribution is 2.47. The molecule has 246 valence electrons. The summed E-state index contributed by atoms with van der Waals surface area (Å²) in [6.07, 6.45) is 8.62. The van der Waals surface area contributed by atoms with Gasteiger partial charge in [-0.05, 0) is 66.3 Å². The predicted octanol–water partition coefficient (Wildman–Crippen LogP) is 5.90. The summed E-state index contributed by atoms with van der Waals surface area (Å²) >= 11 is 6.38. The van der Waals surface area contributed by atoms with Crippen LogP contribution in [0.15, 0.2) is 78.9 Å². The lowest BCUT2D eigenvalue weighted by Crippen LogP contribution is -2.46. The van der Waals surface area contributed by atoms with Crippen LogP contribution in [0.1, 0.15) is 67.7 Å². The molecule has 0 spiro atoms. The maximum atomic E-state index is 14.1. The number of amides is 3. The van der Waals surface area contributed by atoms with E-state index in [4.69, 9.17) is 11.6 Å². The second kappa shape index (κ2) is 14.0. The molecule has 0 saturated carbocycles. The standard InChI is InChI=1S/C38H42ClN3O5/c1-26(10-8-16-36(45)41-24-29-13-6-5-12-28(29)21-32(41)25-43)38(47)33-22-30(39)17-18-34(33)42(37(38)46)23-27-11-9-14-31(20-27)40-19-7-3-2-4-15-35(40)44/h5-6,8-14,17-18,20,22,26,32,43,47H,2-4,7,15-16,19,21,23-25H2,1H3/b10-8+/t26-,32+,38+/m1/s1. The van der Waals surface area contributed by atoms with E-state index in [9.17, 15) is 24.6 Å². The van der Waals surface area contributed by atoms with Gasteiger partial charge in [0.2, 0.25) is 11.8 Å². The van der Waals surface area contributed by atoms with Crippen molar-refractivity contribution < 1.29 is 24.6 Å². The quantitative estimate of drug-likeness (QED) is 0.295. The van der Waals surface area contributed by atoms with Crippen LogP contribution in [0.3, 0.4) is 0 Å². The molecule has 0 bridgehead atoms. The Hall–Kier alpha value is -3.98. The minimum absolute atomic E-state index is 0.0708. The molecule has 3 aliphatic heterocycles. The van der Waals surface area contributed by atoms with E-state index in [0.29, 0.717) is 42.2 Å². The molecule has 2 N–H and O–H groups in total. The van der Waals surface area contributed by atoms with Gasteiger partial charge in [-0.25, -0.2) is 0 Å². The summed E-state index contributed by atoms with van der Waals surface area (Å²) in [4.78, 5) is 45.5. The van der Waals surface area contributed by atoms with Gasteiger partial charge in [0, 0.05) is 48.1 Å². The van der Waals surface area contributed by atoms with E-state index in [2.05, 4.69) is 0 Å². The summed E-state index contributed by atoms with van der Waals surface area (Å²) in [6.45, 7) is 2.94. The third-order valence-corrected chi connectivity index (χ3v) is 10.1. The van der Waals surface area contributed by atoms with Crippen LogP contribution in [-0.4, -0.2) is 52.0 Å². The lowest BCUT2D eigenvalue weighted by atomic mass is 9.83. The molecule has 1 saturated heterocycles. The van der Waals surface area contributed by atoms with Crippen molar-refractivity contribution in [2.45, 2.75) is 76.6 Å². The first-order valence-corrected chi connectivity index (χ1v) is 17.0. The molecule has 6 rings (SSSR count). The molecule has 47 heavy (non-hydrogen) atoms. The Kier molecular flexibility index (Phi) is 9.82. The zero-order chi connectivity index (χ0) is 33.1. The van der Waals surface area contributed by atoms with E-state index in [1.165, 1.54) is 0 Å². The first kappa shape index (κ1) is 32.9. The Morgan fingerprint density at radius 3 is 2.62 bits per heavy atom. The molecule has 3 aliphatic rings. The Labute approximate surface area is 281 Å². The van der Waals surface area contributed by atoms with E-state index in [1.807, 2.05) is 53.4 Å². The van der Waals surface area contributed by atoms with E-state index in [-0.39, 0.29) is 37.4 Å². The zero-order valence-electron chi connectivity index (χ0n) is 26.8. The van der Waals surface area contributed by atoms with Gasteiger partial charge in [0.05, 0.1) is 24.9 Å². The van der Waals surface area contributed by atoms with Crippen LogP contribution in [-0.2, 0) is 39.5 Å². The molecule has 3 heterocycles. The van der Waals surface area contributed by atoms with Crippen molar-refractivity contribution in [3.63, 3.8) is 0 Å². The topological polar surface area (TPSA) is 101 Å². The van der Waals surface area contributed by atoms with Crippen LogP contribution in [0.25, 0.3) is 0 Å². The summed E-state index contributed by atoms with van der Waals surface area (Å²) in [7, 11) is 0. The van der Waals surface area contributed by atoms with E-state index in [0.717, 1.165) is 48.1 Å². The van der Waals surface area contributed by atoms with Gasteiger partial charge in [0.15, 0.2) is 5.60 Å². The second-order valence-corrected chi connectivity index (χ2v) is 13.4. The number of aliphatic hydroxyl groups is 2. The molecule has 0 radical (unpaired) electrons. The number of hydrogen-bond donors (Lipinski definition) is 2. The van der Waals surface area contributed by atoms with Gasteiger partial charge in [-0.3, -0.25) is 14.4 Å². The summed E-state index contributed by atoms with van der Waals surface area (Å²) in [5.74, 6) is -1.16. The molecule has 0 aliphatic carbocycles. The highest BCUT2D eigenvalue weighted by Gasteiger charge is 2.52. The summed E-state index contributed by atoms with van der Waals surface area (Å²) < 4.78 is 0. The molecular weight excluding hydrogens is 614 g/mol. The monoisotopic (exact) mass is 655 g/mol. The summed E-state index contributed by atoms with van der Waals surface area (Å²) in [5, 5.41) is 22.5. The number of hydrogen-bond acceptors (Lipinski definition) is 5. The fourth-order valence-electron chi connectivity index (χ4n) is 7.19. The van der Waals surface area contributed by atoms with E-state index >= 15 is 0 Å². The van der Waals surface area contributed by atoms with Crippen molar-refractivity contribution in [2.75, 3.05) is 23.0 Å². The normalized spacial score (nSPS) is 22.2. The van der Waals surface area contributed by atoms with Crippen molar-refractivity contribution in [1.82, 2.24) is 4.90 Å². The number of fused-ring (bicyclic) bond motifs is 2. The van der Waals surface area contributed by atoms with Crippen LogP contribution in [0.5, 0.6) is 0 Å². The van der Waals surface area contributed by atoms with Crippen LogP contribution in [0.4, 0.5) is 11.4 Å². The maximum Gasteiger partial charge on any atom is 0.264 e. The molecule has 8 nitrogen and oxygen atoms in total. The van der Waals surface area contributed by atoms with Crippen LogP contribution in [0, 0.1) is 5.92 Å². The molecule has 3 amide bonds. The second-order valence-electron chi connectivity index (χ2n) is 13.0. The average molecular weight is 656 g/mol. The van der Waals surface area contributed by atoms with Crippen LogP contribution >= 0.6 is 11.6 Å². The lowest BCUT2D eigenvalue weighted by molar-refractivity contribution is -0.139. The van der Waals surface area contributed by atoms with E-state index in [1.54, 1.807) is 47.1 Å². The van der Waals surface area contributed by atoms with E-state index < -0.39 is 17.4 Å². The van der Waals surface area contributed by atoms with Crippen molar-refractivity contribution >= 4 is 40.7 Å². The van der Waals surface area contributed by atoms with Gasteiger partial charge < -0.3 is 24.9 Å². The predicted molar refractivity (Wildman–Crippen MR) is 183 cm³/mol. The van der Waals surface area contributed by atoms with Crippen LogP contribution in [0.2, 0.25) is 5.02 Å². The number of carbonyl (C=O) groups excluding carboxylic acids is 3. The summed E-state index contributed by atoms with van der Waals surface area (Å²) in [5.41, 5.74) is 2.96. The maximum absolute atomic E-state index is 14.1. The van der Waals surface area contributed by atoms with Gasteiger partial charge in [-0.15, -0.1) is 0 Å². The van der Waals surface area contributed by atoms with Crippen molar-refractivity contribution in [2.24, 2.45) is 5.92 Å². The molecular formula is C38H42ClN3O5. The summed E-state index contributed by atoms with van der Waals surface area (Å²) in [6, 6.07) is 20.4. The van der Waals surface area contributed by atoms with Gasteiger partial charge in [-0.2, -0.15) is 0 Å². The smallest absolute Gasteiger partial charge is 0.264 e. The number of benzene rings is 3. The number of rotatable bonds is 8. The average Bonchev–Trinajstić information content (AvgIpc) is 3.27. The highest BCUT2D eigenvalue weighted by molar-refractivity contribution is 6.31. The van der Waals surface area contributed by atoms with Crippen molar-refractivity contribution in [1.29, 1.82) is 0 Å². The molecule has 3 aromatic rings. The van der Waals surface area contributed by atoms with Crippen molar-refractivity contribution in [3.8, 4) is 0 Å². The number of aliphatic hydroxyl groups excluding tert-OH is 1. The molecule has 0 unspecified atom stereocenters. The Morgan fingerprint density at radius 2 is 1.81 bits per heavy atom. The first-order chi connectivity index (χ1) is 22.7. The SMILES string of the molecule is C[C@H](/C=C/CC(=O)N1Cc2ccccc2C[C@H]1CO)[C@@]1(O)C(=O)N(Cc2cccc(N3CCCCCCC3=O)c2)c2ccc(Cl)cc21. The molecule has 1 fully saturated rings.